The maximum atomic E-state index is 12.3. The third kappa shape index (κ3) is 6.04. The number of carbonyl (C=O) groups excluding carboxylic acids is 2. The molecule has 0 aliphatic rings. The number of carbonyl (C=O) groups is 2. The molecule has 2 unspecified atom stereocenters. The van der Waals surface area contributed by atoms with E-state index in [1.165, 1.54) is 13.0 Å². The van der Waals surface area contributed by atoms with Gasteiger partial charge in [-0.2, -0.15) is 0 Å². The molecule has 2 N–H and O–H groups in total. The van der Waals surface area contributed by atoms with E-state index in [0.29, 0.717) is 22.9 Å². The molecule has 0 radical (unpaired) electrons. The quantitative estimate of drug-likeness (QED) is 0.656. The van der Waals surface area contributed by atoms with Crippen LogP contribution in [0.2, 0.25) is 10.0 Å². The number of nitrogens with one attached hydrogen (secondary N) is 2. The molecule has 2 aromatic rings. The number of hydrogen-bond acceptors (Lipinski definition) is 4. The molecule has 2 rings (SSSR count). The lowest BCUT2D eigenvalue weighted by atomic mass is 10.2. The molecule has 6 nitrogen and oxygen atoms in total. The number of amides is 2. The van der Waals surface area contributed by atoms with Gasteiger partial charge in [0.05, 0.1) is 5.02 Å². The third-order valence-corrected chi connectivity index (χ3v) is 4.43. The number of ether oxygens (including phenoxy) is 2. The van der Waals surface area contributed by atoms with E-state index in [-0.39, 0.29) is 5.02 Å². The fourth-order valence-electron chi connectivity index (χ4n) is 2.28. The molecule has 0 aliphatic heterocycles. The van der Waals surface area contributed by atoms with Crippen LogP contribution in [0.1, 0.15) is 25.8 Å². The number of halogens is 2. The monoisotopic (exact) mass is 424 g/mol. The normalized spacial score (nSPS) is 12.6. The van der Waals surface area contributed by atoms with Crippen LogP contribution < -0.4 is 20.3 Å². The topological polar surface area (TPSA) is 76.7 Å². The van der Waals surface area contributed by atoms with Gasteiger partial charge in [0.1, 0.15) is 11.5 Å². The Kier molecular flexibility index (Phi) is 7.96. The second kappa shape index (κ2) is 10.2. The van der Waals surface area contributed by atoms with Crippen molar-refractivity contribution in [3.05, 3.63) is 58.1 Å². The van der Waals surface area contributed by atoms with Crippen molar-refractivity contribution in [1.82, 2.24) is 10.9 Å². The minimum atomic E-state index is -0.892. The predicted molar refractivity (Wildman–Crippen MR) is 109 cm³/mol. The van der Waals surface area contributed by atoms with Crippen LogP contribution in [0.15, 0.2) is 42.5 Å². The van der Waals surface area contributed by atoms with Crippen LogP contribution in [0.25, 0.3) is 0 Å². The highest BCUT2D eigenvalue weighted by Gasteiger charge is 2.22. The zero-order chi connectivity index (χ0) is 20.7. The zero-order valence-corrected chi connectivity index (χ0v) is 17.3. The standard InChI is InChI=1S/C20H22Cl2N2O4/c1-4-16(28-17-8-6-5-7-12(17)2)20(26)24-23-19(25)13(3)27-18-10-9-14(21)11-15(18)22/h5-11,13,16H,4H2,1-3H3,(H,23,25)(H,24,26). The van der Waals surface area contributed by atoms with E-state index < -0.39 is 24.0 Å². The maximum Gasteiger partial charge on any atom is 0.279 e. The van der Waals surface area contributed by atoms with Crippen molar-refractivity contribution in [3.8, 4) is 11.5 Å². The number of hydrogen-bond donors (Lipinski definition) is 2. The molecule has 2 amide bonds. The number of benzene rings is 2. The van der Waals surface area contributed by atoms with Gasteiger partial charge < -0.3 is 9.47 Å². The Labute approximate surface area is 174 Å². The Balaban J connectivity index is 1.89. The highest BCUT2D eigenvalue weighted by molar-refractivity contribution is 6.35. The molecule has 0 aliphatic carbocycles. The van der Waals surface area contributed by atoms with E-state index in [1.807, 2.05) is 32.0 Å². The molecule has 28 heavy (non-hydrogen) atoms. The largest absolute Gasteiger partial charge is 0.480 e. The molecule has 0 fully saturated rings. The van der Waals surface area contributed by atoms with E-state index in [4.69, 9.17) is 32.7 Å². The molecule has 0 aromatic heterocycles. The van der Waals surface area contributed by atoms with Crippen molar-refractivity contribution in [2.24, 2.45) is 0 Å². The van der Waals surface area contributed by atoms with Gasteiger partial charge in [-0.1, -0.05) is 48.3 Å². The molecule has 0 spiro atoms. The van der Waals surface area contributed by atoms with Crippen molar-refractivity contribution in [2.75, 3.05) is 0 Å². The van der Waals surface area contributed by atoms with Gasteiger partial charge in [-0.3, -0.25) is 20.4 Å². The maximum absolute atomic E-state index is 12.3. The van der Waals surface area contributed by atoms with Gasteiger partial charge in [0, 0.05) is 5.02 Å². The number of hydrazine groups is 1. The fourth-order valence-corrected chi connectivity index (χ4v) is 2.74. The van der Waals surface area contributed by atoms with Crippen LogP contribution in [-0.2, 0) is 9.59 Å². The summed E-state index contributed by atoms with van der Waals surface area (Å²) in [7, 11) is 0. The van der Waals surface area contributed by atoms with Crippen molar-refractivity contribution in [2.45, 2.75) is 39.4 Å². The summed E-state index contributed by atoms with van der Waals surface area (Å²) < 4.78 is 11.3. The average Bonchev–Trinajstić information content (AvgIpc) is 2.67. The molecule has 0 saturated heterocycles. The smallest absolute Gasteiger partial charge is 0.279 e. The summed E-state index contributed by atoms with van der Waals surface area (Å²) in [6, 6.07) is 12.1. The van der Waals surface area contributed by atoms with Crippen LogP contribution in [0.4, 0.5) is 0 Å². The van der Waals surface area contributed by atoms with Crippen LogP contribution in [0, 0.1) is 6.92 Å². The lowest BCUT2D eigenvalue weighted by molar-refractivity contribution is -0.135. The molecule has 150 valence electrons. The van der Waals surface area contributed by atoms with E-state index in [1.54, 1.807) is 18.2 Å². The molecule has 2 aromatic carbocycles. The average molecular weight is 425 g/mol. The van der Waals surface area contributed by atoms with Crippen LogP contribution >= 0.6 is 23.2 Å². The van der Waals surface area contributed by atoms with Crippen LogP contribution in [0.3, 0.4) is 0 Å². The first-order valence-electron chi connectivity index (χ1n) is 8.75. The summed E-state index contributed by atoms with van der Waals surface area (Å²) >= 11 is 11.9. The van der Waals surface area contributed by atoms with Gasteiger partial charge in [-0.25, -0.2) is 0 Å². The van der Waals surface area contributed by atoms with Crippen molar-refractivity contribution in [3.63, 3.8) is 0 Å². The Hall–Kier alpha value is -2.44. The summed E-state index contributed by atoms with van der Waals surface area (Å²) in [5.41, 5.74) is 5.62. The molecule has 0 saturated carbocycles. The fraction of sp³-hybridized carbons (Fsp3) is 0.300. The van der Waals surface area contributed by atoms with Gasteiger partial charge in [0.15, 0.2) is 12.2 Å². The van der Waals surface area contributed by atoms with Crippen LogP contribution in [-0.4, -0.2) is 24.0 Å². The number of para-hydroxylation sites is 1. The SMILES string of the molecule is CCC(Oc1ccccc1C)C(=O)NNC(=O)C(C)Oc1ccc(Cl)cc1Cl. The molecule has 8 heteroatoms. The summed E-state index contributed by atoms with van der Waals surface area (Å²) in [6.45, 7) is 5.24. The van der Waals surface area contributed by atoms with Gasteiger partial charge in [0.25, 0.3) is 11.8 Å². The minimum Gasteiger partial charge on any atom is -0.480 e. The number of aryl methyl sites for hydroxylation is 1. The summed E-state index contributed by atoms with van der Waals surface area (Å²) in [5, 5.41) is 0.745. The van der Waals surface area contributed by atoms with Gasteiger partial charge in [0.2, 0.25) is 0 Å². The Morgan fingerprint density at radius 3 is 2.32 bits per heavy atom. The second-order valence-corrected chi connectivity index (χ2v) is 6.94. The van der Waals surface area contributed by atoms with Gasteiger partial charge >= 0.3 is 0 Å². The van der Waals surface area contributed by atoms with Crippen molar-refractivity contribution >= 4 is 35.0 Å². The lowest BCUT2D eigenvalue weighted by Gasteiger charge is -2.20. The predicted octanol–water partition coefficient (Wildman–Crippen LogP) is 4.07. The molecule has 2 atom stereocenters. The molecular formula is C20H22Cl2N2O4. The summed E-state index contributed by atoms with van der Waals surface area (Å²) in [6.07, 6.45) is -1.21. The Bertz CT molecular complexity index is 845. The number of rotatable bonds is 7. The van der Waals surface area contributed by atoms with Crippen molar-refractivity contribution in [1.29, 1.82) is 0 Å². The Morgan fingerprint density at radius 1 is 1.00 bits per heavy atom. The molecule has 0 heterocycles. The van der Waals surface area contributed by atoms with E-state index in [0.717, 1.165) is 5.56 Å². The zero-order valence-electron chi connectivity index (χ0n) is 15.8. The molecular weight excluding hydrogens is 403 g/mol. The first kappa shape index (κ1) is 21.9. The summed E-state index contributed by atoms with van der Waals surface area (Å²) in [4.78, 5) is 24.5. The second-order valence-electron chi connectivity index (χ2n) is 6.09. The minimum absolute atomic E-state index is 0.286. The summed E-state index contributed by atoms with van der Waals surface area (Å²) in [5.74, 6) is -0.0692. The Morgan fingerprint density at radius 2 is 1.68 bits per heavy atom. The van der Waals surface area contributed by atoms with E-state index in [9.17, 15) is 9.59 Å². The lowest BCUT2D eigenvalue weighted by Crippen LogP contribution is -2.51. The van der Waals surface area contributed by atoms with E-state index >= 15 is 0 Å². The third-order valence-electron chi connectivity index (χ3n) is 3.90. The van der Waals surface area contributed by atoms with Gasteiger partial charge in [-0.05, 0) is 50.1 Å². The van der Waals surface area contributed by atoms with Gasteiger partial charge in [-0.15, -0.1) is 0 Å². The highest BCUT2D eigenvalue weighted by Crippen LogP contribution is 2.28. The van der Waals surface area contributed by atoms with E-state index in [2.05, 4.69) is 10.9 Å². The highest BCUT2D eigenvalue weighted by atomic mass is 35.5. The van der Waals surface area contributed by atoms with Crippen LogP contribution in [0.5, 0.6) is 11.5 Å². The first-order chi connectivity index (χ1) is 13.3. The first-order valence-corrected chi connectivity index (χ1v) is 9.51. The molecule has 0 bridgehead atoms. The van der Waals surface area contributed by atoms with Crippen molar-refractivity contribution < 1.29 is 19.1 Å².